The van der Waals surface area contributed by atoms with E-state index in [1.165, 1.54) is 14.2 Å². The van der Waals surface area contributed by atoms with Crippen LogP contribution in [0.25, 0.3) is 44.4 Å². The number of alkyl carbamates (subject to hydrolysis) is 2. The molecule has 14 nitrogen and oxygen atoms in total. The maximum atomic E-state index is 13.1. The number of carbonyl (C=O) groups is 4. The Morgan fingerprint density at radius 1 is 0.796 bits per heavy atom. The first-order chi connectivity index (χ1) is 26.2. The zero-order chi connectivity index (χ0) is 37.8. The fourth-order valence-corrected chi connectivity index (χ4v) is 7.74. The van der Waals surface area contributed by atoms with Crippen LogP contribution in [0.15, 0.2) is 73.1 Å². The van der Waals surface area contributed by atoms with Gasteiger partial charge in [-0.05, 0) is 71.2 Å². The number of fused-ring (bicyclic) bond motifs is 3. The molecule has 280 valence electrons. The number of aromatic amines is 2. The van der Waals surface area contributed by atoms with Crippen molar-refractivity contribution in [1.29, 1.82) is 0 Å². The number of methoxy groups -OCH3 is 2. The van der Waals surface area contributed by atoms with Gasteiger partial charge in [0.1, 0.15) is 24.7 Å². The van der Waals surface area contributed by atoms with Crippen LogP contribution in [0.3, 0.4) is 0 Å². The Labute approximate surface area is 312 Å². The number of nitrogens with one attached hydrogen (secondary N) is 4. The zero-order valence-corrected chi connectivity index (χ0v) is 30.6. The number of imidazole rings is 2. The Morgan fingerprint density at radius 2 is 1.43 bits per heavy atom. The molecule has 2 fully saturated rings. The van der Waals surface area contributed by atoms with Gasteiger partial charge < -0.3 is 39.9 Å². The zero-order valence-electron chi connectivity index (χ0n) is 30.6. The molecule has 7 rings (SSSR count). The lowest BCUT2D eigenvalue weighted by Gasteiger charge is -2.34. The fourth-order valence-electron chi connectivity index (χ4n) is 7.74. The molecule has 3 atom stereocenters. The second-order valence-electron chi connectivity index (χ2n) is 13.8. The Hall–Kier alpha value is -6.18. The minimum Gasteiger partial charge on any atom is -0.453 e. The number of amides is 4. The van der Waals surface area contributed by atoms with Gasteiger partial charge in [0.25, 0.3) is 0 Å². The van der Waals surface area contributed by atoms with Gasteiger partial charge >= 0.3 is 12.2 Å². The van der Waals surface area contributed by atoms with Gasteiger partial charge in [-0.2, -0.15) is 0 Å². The van der Waals surface area contributed by atoms with Crippen molar-refractivity contribution in [1.82, 2.24) is 40.4 Å². The predicted molar refractivity (Wildman–Crippen MR) is 202 cm³/mol. The molecule has 4 N–H and O–H groups in total. The Bertz CT molecular complexity index is 2160. The van der Waals surface area contributed by atoms with Crippen LogP contribution >= 0.6 is 0 Å². The third-order valence-electron chi connectivity index (χ3n) is 10.4. The first kappa shape index (κ1) is 36.2. The molecule has 3 aromatic carbocycles. The second-order valence-corrected chi connectivity index (χ2v) is 13.8. The lowest BCUT2D eigenvalue weighted by atomic mass is 9.97. The number of carbonyl (C=O) groups excluding carboxylic acids is 4. The van der Waals surface area contributed by atoms with Gasteiger partial charge in [0.2, 0.25) is 11.8 Å². The molecule has 1 aliphatic heterocycles. The number of H-pyrrole nitrogens is 2. The smallest absolute Gasteiger partial charge is 0.407 e. The van der Waals surface area contributed by atoms with Crippen LogP contribution in [0, 0.1) is 5.92 Å². The summed E-state index contributed by atoms with van der Waals surface area (Å²) in [5.74, 6) is 1.42. The Morgan fingerprint density at radius 3 is 2.15 bits per heavy atom. The summed E-state index contributed by atoms with van der Waals surface area (Å²) in [5.41, 5.74) is 5.88. The molecular formula is C40H44N8O6. The van der Waals surface area contributed by atoms with E-state index in [1.54, 1.807) is 11.1 Å². The molecule has 2 aliphatic rings. The summed E-state index contributed by atoms with van der Waals surface area (Å²) in [7, 11) is 2.54. The van der Waals surface area contributed by atoms with E-state index in [1.807, 2.05) is 18.0 Å². The topological polar surface area (TPSA) is 175 Å². The van der Waals surface area contributed by atoms with E-state index in [4.69, 9.17) is 4.98 Å². The van der Waals surface area contributed by atoms with E-state index < -0.39 is 12.2 Å². The fraction of sp³-hybridized carbons (Fsp3) is 0.350. The first-order valence-corrected chi connectivity index (χ1v) is 18.2. The van der Waals surface area contributed by atoms with Gasteiger partial charge in [0, 0.05) is 18.2 Å². The molecule has 3 heterocycles. The largest absolute Gasteiger partial charge is 0.453 e. The number of piperidine rings is 1. The molecular weight excluding hydrogens is 688 g/mol. The molecule has 0 radical (unpaired) electrons. The monoisotopic (exact) mass is 732 g/mol. The van der Waals surface area contributed by atoms with Crippen LogP contribution in [-0.4, -0.2) is 93.6 Å². The van der Waals surface area contributed by atoms with Crippen molar-refractivity contribution in [3.8, 4) is 33.6 Å². The number of hydrogen-bond acceptors (Lipinski definition) is 8. The number of rotatable bonds is 12. The van der Waals surface area contributed by atoms with Crippen molar-refractivity contribution in [2.75, 3.05) is 33.9 Å². The average molecular weight is 733 g/mol. The van der Waals surface area contributed by atoms with E-state index in [9.17, 15) is 19.2 Å². The maximum absolute atomic E-state index is 13.1. The third kappa shape index (κ3) is 7.63. The van der Waals surface area contributed by atoms with E-state index in [-0.39, 0.29) is 37.0 Å². The highest BCUT2D eigenvalue weighted by Gasteiger charge is 2.49. The third-order valence-corrected chi connectivity index (χ3v) is 10.4. The summed E-state index contributed by atoms with van der Waals surface area (Å²) >= 11 is 0. The van der Waals surface area contributed by atoms with Crippen LogP contribution in [0.1, 0.15) is 50.3 Å². The molecule has 5 aromatic rings. The van der Waals surface area contributed by atoms with Gasteiger partial charge in [0.05, 0.1) is 50.6 Å². The number of benzene rings is 3. The van der Waals surface area contributed by atoms with Crippen LogP contribution in [0.2, 0.25) is 0 Å². The molecule has 14 heteroatoms. The molecule has 54 heavy (non-hydrogen) atoms. The number of likely N-dealkylation sites (tertiary alicyclic amines) is 1. The summed E-state index contributed by atoms with van der Waals surface area (Å²) in [4.78, 5) is 68.5. The number of aromatic nitrogens is 4. The molecule has 0 unspecified atom stereocenters. The summed E-state index contributed by atoms with van der Waals surface area (Å²) < 4.78 is 9.20. The van der Waals surface area contributed by atoms with Crippen molar-refractivity contribution in [3.63, 3.8) is 0 Å². The quantitative estimate of drug-likeness (QED) is 0.125. The predicted octanol–water partition coefficient (Wildman–Crippen LogP) is 5.79. The highest BCUT2D eigenvalue weighted by Crippen LogP contribution is 2.49. The highest BCUT2D eigenvalue weighted by molar-refractivity contribution is 5.91. The van der Waals surface area contributed by atoms with Gasteiger partial charge in [-0.1, -0.05) is 55.5 Å². The van der Waals surface area contributed by atoms with Crippen molar-refractivity contribution in [2.45, 2.75) is 51.2 Å². The Kier molecular flexibility index (Phi) is 10.6. The van der Waals surface area contributed by atoms with Crippen molar-refractivity contribution in [2.24, 2.45) is 5.92 Å². The number of ether oxygens (including phenoxy) is 2. The lowest BCUT2D eigenvalue weighted by molar-refractivity contribution is -0.135. The minimum atomic E-state index is -0.648. The summed E-state index contributed by atoms with van der Waals surface area (Å²) in [6.45, 7) is 2.57. The molecule has 1 saturated carbocycles. The van der Waals surface area contributed by atoms with E-state index in [0.717, 1.165) is 75.9 Å². The summed E-state index contributed by atoms with van der Waals surface area (Å²) in [5, 5.41) is 7.15. The molecule has 2 aromatic heterocycles. The number of nitrogens with zero attached hydrogens (tertiary/aromatic N) is 4. The Balaban J connectivity index is 1.01. The van der Waals surface area contributed by atoms with E-state index >= 15 is 0 Å². The summed E-state index contributed by atoms with van der Waals surface area (Å²) in [6.07, 6.45) is 6.05. The first-order valence-electron chi connectivity index (χ1n) is 18.2. The van der Waals surface area contributed by atoms with Gasteiger partial charge in [-0.25, -0.2) is 19.6 Å². The van der Waals surface area contributed by atoms with Crippen LogP contribution in [-0.2, 0) is 25.6 Å². The standard InChI is InChI=1S/C40H44N8O6/c1-4-15-47(35(49)21-43-39(51)53-2)23-34-41-19-33(45-34)29-12-11-27-16-26(9-10-28(27)17-29)24-5-7-25(8-6-24)32-20-42-38(46-32)37-30-13-14-31(18-30)48(37)36(50)22-44-40(52)54-3/h5-12,16-17,19-20,30-31,37H,4,13-15,18,21-23H2,1-3H3,(H,41,45)(H,42,46)(H,43,51)(H,44,52)/t30-,31+,37-/m0/s1. The molecule has 4 amide bonds. The molecule has 2 bridgehead atoms. The SMILES string of the molecule is CCCN(Cc1ncc(-c2ccc3cc(-c4ccc(-c5cnc([C@@H]6[C@H]7CC[C@H](C7)N6C(=O)CNC(=O)OC)[nH]5)cc4)ccc3c2)[nH]1)C(=O)CNC(=O)OC. The molecule has 0 spiro atoms. The highest BCUT2D eigenvalue weighted by atomic mass is 16.5. The van der Waals surface area contributed by atoms with E-state index in [2.05, 4.69) is 95.7 Å². The van der Waals surface area contributed by atoms with Crippen LogP contribution < -0.4 is 10.6 Å². The molecule has 1 saturated heterocycles. The van der Waals surface area contributed by atoms with E-state index in [0.29, 0.717) is 24.8 Å². The number of hydrogen-bond donors (Lipinski definition) is 4. The van der Waals surface area contributed by atoms with Gasteiger partial charge in [-0.15, -0.1) is 0 Å². The van der Waals surface area contributed by atoms with Crippen LogP contribution in [0.5, 0.6) is 0 Å². The van der Waals surface area contributed by atoms with Crippen molar-refractivity contribution in [3.05, 3.63) is 84.7 Å². The normalized spacial score (nSPS) is 17.4. The van der Waals surface area contributed by atoms with Crippen molar-refractivity contribution < 1.29 is 28.7 Å². The maximum Gasteiger partial charge on any atom is 0.407 e. The van der Waals surface area contributed by atoms with Gasteiger partial charge in [0.15, 0.2) is 0 Å². The minimum absolute atomic E-state index is 0.105. The van der Waals surface area contributed by atoms with Crippen molar-refractivity contribution >= 4 is 34.8 Å². The van der Waals surface area contributed by atoms with Gasteiger partial charge in [-0.3, -0.25) is 9.59 Å². The summed E-state index contributed by atoms with van der Waals surface area (Å²) in [6, 6.07) is 21.0. The average Bonchev–Trinajstić information content (AvgIpc) is 4.04. The second kappa shape index (κ2) is 15.8. The van der Waals surface area contributed by atoms with Crippen LogP contribution in [0.4, 0.5) is 9.59 Å². The lowest BCUT2D eigenvalue weighted by Crippen LogP contribution is -2.45. The molecule has 1 aliphatic carbocycles.